The van der Waals surface area contributed by atoms with Crippen LogP contribution < -0.4 is 5.73 Å². The number of hydrogen-bond donors (Lipinski definition) is 1. The van der Waals surface area contributed by atoms with Crippen LogP contribution in [0, 0.1) is 5.41 Å². The smallest absolute Gasteiger partial charge is 0.249 e. The molecule has 0 bridgehead atoms. The van der Waals surface area contributed by atoms with Gasteiger partial charge in [0.2, 0.25) is 5.92 Å². The van der Waals surface area contributed by atoms with E-state index in [-0.39, 0.29) is 24.3 Å². The van der Waals surface area contributed by atoms with E-state index in [4.69, 9.17) is 5.73 Å². The predicted molar refractivity (Wildman–Crippen MR) is 38.4 cm³/mol. The monoisotopic (exact) mass is 161 g/mol. The Bertz CT molecular complexity index is 171. The van der Waals surface area contributed by atoms with Gasteiger partial charge in [-0.25, -0.2) is 8.78 Å². The van der Waals surface area contributed by atoms with Crippen LogP contribution in [0.25, 0.3) is 0 Å². The van der Waals surface area contributed by atoms with Crippen LogP contribution >= 0.6 is 0 Å². The van der Waals surface area contributed by atoms with Crippen molar-refractivity contribution in [3.8, 4) is 0 Å². The van der Waals surface area contributed by atoms with Gasteiger partial charge in [-0.15, -0.1) is 0 Å². The van der Waals surface area contributed by atoms with Crippen molar-refractivity contribution in [3.63, 3.8) is 0 Å². The first-order valence-corrected chi connectivity index (χ1v) is 4.18. The zero-order valence-corrected chi connectivity index (χ0v) is 6.45. The molecule has 0 aromatic carbocycles. The maximum atomic E-state index is 12.6. The van der Waals surface area contributed by atoms with E-state index in [1.165, 1.54) is 0 Å². The highest BCUT2D eigenvalue weighted by Gasteiger charge is 2.60. The molecule has 0 saturated heterocycles. The zero-order chi connectivity index (χ0) is 8.11. The fourth-order valence-corrected chi connectivity index (χ4v) is 2.58. The first-order chi connectivity index (χ1) is 5.04. The molecule has 0 radical (unpaired) electrons. The Morgan fingerprint density at radius 3 is 2.27 bits per heavy atom. The summed E-state index contributed by atoms with van der Waals surface area (Å²) in [4.78, 5) is 0. The molecule has 1 atom stereocenters. The van der Waals surface area contributed by atoms with E-state index < -0.39 is 5.92 Å². The summed E-state index contributed by atoms with van der Waals surface area (Å²) in [6.07, 6.45) is 2.99. The summed E-state index contributed by atoms with van der Waals surface area (Å²) >= 11 is 0. The number of alkyl halides is 2. The standard InChI is InChI=1S/C8H13F2N/c9-8(10)4-7(5-8)3-1-2-6(7)11/h6H,1-5,11H2. The van der Waals surface area contributed by atoms with Crippen LogP contribution in [0.2, 0.25) is 0 Å². The predicted octanol–water partition coefficient (Wildman–Crippen LogP) is 1.91. The number of hydrogen-bond acceptors (Lipinski definition) is 1. The molecule has 3 heteroatoms. The SMILES string of the molecule is NC1CCCC12CC(F)(F)C2. The van der Waals surface area contributed by atoms with Gasteiger partial charge in [0.1, 0.15) is 0 Å². The van der Waals surface area contributed by atoms with E-state index in [1.54, 1.807) is 0 Å². The number of nitrogens with two attached hydrogens (primary N) is 1. The van der Waals surface area contributed by atoms with Gasteiger partial charge < -0.3 is 5.73 Å². The van der Waals surface area contributed by atoms with Gasteiger partial charge in [0.05, 0.1) is 0 Å². The van der Waals surface area contributed by atoms with Crippen molar-refractivity contribution < 1.29 is 8.78 Å². The van der Waals surface area contributed by atoms with Crippen LogP contribution in [0.3, 0.4) is 0 Å². The Morgan fingerprint density at radius 1 is 1.27 bits per heavy atom. The average Bonchev–Trinajstić information content (AvgIpc) is 2.10. The Morgan fingerprint density at radius 2 is 1.91 bits per heavy atom. The summed E-state index contributed by atoms with van der Waals surface area (Å²) in [6, 6.07) is 0.0436. The van der Waals surface area contributed by atoms with Gasteiger partial charge in [-0.3, -0.25) is 0 Å². The van der Waals surface area contributed by atoms with Gasteiger partial charge in [-0.2, -0.15) is 0 Å². The first-order valence-electron chi connectivity index (χ1n) is 4.18. The van der Waals surface area contributed by atoms with E-state index >= 15 is 0 Å². The molecule has 2 saturated carbocycles. The van der Waals surface area contributed by atoms with Gasteiger partial charge in [0, 0.05) is 18.9 Å². The van der Waals surface area contributed by atoms with Crippen LogP contribution in [-0.4, -0.2) is 12.0 Å². The van der Waals surface area contributed by atoms with Crippen LogP contribution in [0.4, 0.5) is 8.78 Å². The minimum absolute atomic E-state index is 0.0428. The van der Waals surface area contributed by atoms with Gasteiger partial charge >= 0.3 is 0 Å². The lowest BCUT2D eigenvalue weighted by Crippen LogP contribution is -2.53. The fraction of sp³-hybridized carbons (Fsp3) is 1.00. The third-order valence-corrected chi connectivity index (χ3v) is 3.20. The molecule has 64 valence electrons. The first kappa shape index (κ1) is 7.47. The lowest BCUT2D eigenvalue weighted by atomic mass is 9.63. The molecular weight excluding hydrogens is 148 g/mol. The molecule has 0 aromatic heterocycles. The van der Waals surface area contributed by atoms with Crippen molar-refractivity contribution in [3.05, 3.63) is 0 Å². The third-order valence-electron chi connectivity index (χ3n) is 3.20. The molecule has 0 heterocycles. The third kappa shape index (κ3) is 0.975. The van der Waals surface area contributed by atoms with E-state index in [2.05, 4.69) is 0 Å². The summed E-state index contributed by atoms with van der Waals surface area (Å²) < 4.78 is 25.1. The van der Waals surface area contributed by atoms with Crippen molar-refractivity contribution in [1.29, 1.82) is 0 Å². The normalized spacial score (nSPS) is 39.0. The maximum Gasteiger partial charge on any atom is 0.249 e. The highest BCUT2D eigenvalue weighted by molar-refractivity contribution is 5.07. The number of halogens is 2. The van der Waals surface area contributed by atoms with Crippen LogP contribution in [0.5, 0.6) is 0 Å². The molecule has 2 rings (SSSR count). The quantitative estimate of drug-likeness (QED) is 0.577. The Balaban J connectivity index is 2.05. The molecule has 1 nitrogen and oxygen atoms in total. The summed E-state index contributed by atoms with van der Waals surface area (Å²) in [5, 5.41) is 0. The Labute approximate surface area is 65.0 Å². The molecule has 0 aliphatic heterocycles. The molecule has 11 heavy (non-hydrogen) atoms. The summed E-state index contributed by atoms with van der Waals surface area (Å²) in [7, 11) is 0. The van der Waals surface area contributed by atoms with E-state index in [1.807, 2.05) is 0 Å². The van der Waals surface area contributed by atoms with Crippen molar-refractivity contribution in [1.82, 2.24) is 0 Å². The molecule has 2 aliphatic rings. The van der Waals surface area contributed by atoms with Gasteiger partial charge in [0.15, 0.2) is 0 Å². The average molecular weight is 161 g/mol. The van der Waals surface area contributed by atoms with Crippen molar-refractivity contribution in [2.75, 3.05) is 0 Å². The second-order valence-corrected chi connectivity index (χ2v) is 4.07. The van der Waals surface area contributed by atoms with Crippen molar-refractivity contribution in [2.45, 2.75) is 44.1 Å². The van der Waals surface area contributed by atoms with Crippen LogP contribution in [-0.2, 0) is 0 Å². The van der Waals surface area contributed by atoms with E-state index in [0.717, 1.165) is 19.3 Å². The molecule has 0 amide bonds. The number of rotatable bonds is 0. The van der Waals surface area contributed by atoms with Crippen molar-refractivity contribution in [2.24, 2.45) is 11.1 Å². The molecule has 1 unspecified atom stereocenters. The fourth-order valence-electron chi connectivity index (χ4n) is 2.58. The summed E-state index contributed by atoms with van der Waals surface area (Å²) in [5.74, 6) is -2.40. The second kappa shape index (κ2) is 1.94. The largest absolute Gasteiger partial charge is 0.327 e. The lowest BCUT2D eigenvalue weighted by Gasteiger charge is -2.47. The zero-order valence-electron chi connectivity index (χ0n) is 6.45. The Kier molecular flexibility index (Phi) is 1.32. The van der Waals surface area contributed by atoms with Gasteiger partial charge in [-0.1, -0.05) is 6.42 Å². The second-order valence-electron chi connectivity index (χ2n) is 4.07. The molecule has 0 aromatic rings. The molecule has 2 fully saturated rings. The molecular formula is C8H13F2N. The maximum absolute atomic E-state index is 12.6. The van der Waals surface area contributed by atoms with E-state index in [0.29, 0.717) is 0 Å². The van der Waals surface area contributed by atoms with Crippen molar-refractivity contribution >= 4 is 0 Å². The lowest BCUT2D eigenvalue weighted by molar-refractivity contribution is -0.163. The van der Waals surface area contributed by atoms with Crippen LogP contribution in [0.1, 0.15) is 32.1 Å². The van der Waals surface area contributed by atoms with E-state index in [9.17, 15) is 8.78 Å². The Hall–Kier alpha value is -0.180. The van der Waals surface area contributed by atoms with Gasteiger partial charge in [0.25, 0.3) is 0 Å². The van der Waals surface area contributed by atoms with Gasteiger partial charge in [-0.05, 0) is 18.3 Å². The molecule has 1 spiro atoms. The minimum atomic E-state index is -2.40. The summed E-state index contributed by atoms with van der Waals surface area (Å²) in [5.41, 5.74) is 5.60. The molecule has 2 aliphatic carbocycles. The minimum Gasteiger partial charge on any atom is -0.327 e. The summed E-state index contributed by atoms with van der Waals surface area (Å²) in [6.45, 7) is 0. The highest BCUT2D eigenvalue weighted by Crippen LogP contribution is 2.59. The van der Waals surface area contributed by atoms with Crippen LogP contribution in [0.15, 0.2) is 0 Å². The topological polar surface area (TPSA) is 26.0 Å². The molecule has 2 N–H and O–H groups in total. The highest BCUT2D eigenvalue weighted by atomic mass is 19.3.